The van der Waals surface area contributed by atoms with E-state index in [1.54, 1.807) is 18.2 Å². The molecule has 0 fully saturated rings. The van der Waals surface area contributed by atoms with Gasteiger partial charge in [0.15, 0.2) is 17.2 Å². The number of carbonyl (C=O) groups excluding carboxylic acids is 2. The second-order valence-electron chi connectivity index (χ2n) is 6.08. The summed E-state index contributed by atoms with van der Waals surface area (Å²) in [5.41, 5.74) is 6.01. The summed E-state index contributed by atoms with van der Waals surface area (Å²) in [5, 5.41) is 6.79. The quantitative estimate of drug-likeness (QED) is 0.575. The molecule has 1 heterocycles. The van der Waals surface area contributed by atoms with E-state index in [4.69, 9.17) is 9.47 Å². The van der Waals surface area contributed by atoms with Crippen molar-refractivity contribution in [3.05, 3.63) is 39.6 Å². The van der Waals surface area contributed by atoms with Gasteiger partial charge in [0.2, 0.25) is 0 Å². The van der Waals surface area contributed by atoms with Gasteiger partial charge in [-0.25, -0.2) is 0 Å². The van der Waals surface area contributed by atoms with Crippen molar-refractivity contribution in [2.75, 3.05) is 13.7 Å². The van der Waals surface area contributed by atoms with Crippen LogP contribution in [0, 0.1) is 0 Å². The third-order valence-electron chi connectivity index (χ3n) is 3.70. The molecule has 8 nitrogen and oxygen atoms in total. The van der Waals surface area contributed by atoms with Crippen LogP contribution < -0.4 is 20.3 Å². The van der Waals surface area contributed by atoms with Crippen LogP contribution in [0.15, 0.2) is 22.7 Å². The average Bonchev–Trinajstić information content (AvgIpc) is 3.05. The van der Waals surface area contributed by atoms with E-state index in [-0.39, 0.29) is 11.6 Å². The van der Waals surface area contributed by atoms with Crippen LogP contribution in [0.5, 0.6) is 11.5 Å². The Morgan fingerprint density at radius 2 is 1.93 bits per heavy atom. The molecule has 146 valence electrons. The molecule has 3 N–H and O–H groups in total. The monoisotopic (exact) mass is 438 g/mol. The Bertz CT molecular complexity index is 820. The minimum absolute atomic E-state index is 0.167. The number of H-pyrrole nitrogens is 1. The Labute approximate surface area is 166 Å². The number of ether oxygens (including phenoxy) is 2. The highest BCUT2D eigenvalue weighted by Gasteiger charge is 2.20. The van der Waals surface area contributed by atoms with Gasteiger partial charge in [0, 0.05) is 5.56 Å². The van der Waals surface area contributed by atoms with Gasteiger partial charge in [0.1, 0.15) is 0 Å². The second-order valence-corrected chi connectivity index (χ2v) is 6.87. The van der Waals surface area contributed by atoms with Gasteiger partial charge >= 0.3 is 0 Å². The molecule has 2 amide bonds. The number of benzene rings is 1. The Hall–Kier alpha value is -2.55. The molecular formula is C18H23BrN4O4. The van der Waals surface area contributed by atoms with Crippen LogP contribution in [0.3, 0.4) is 0 Å². The van der Waals surface area contributed by atoms with E-state index in [2.05, 4.69) is 37.0 Å². The fourth-order valence-electron chi connectivity index (χ4n) is 2.26. The van der Waals surface area contributed by atoms with Gasteiger partial charge in [0.05, 0.1) is 23.9 Å². The number of amides is 2. The standard InChI is InChI=1S/C18H23BrN4O4/c1-5-8-27-12-7-6-11(9-13(12)26-4)17(24)22-23-18(25)16-14(19)15(10(2)3)20-21-16/h6-7,9-10H,5,8H2,1-4H3,(H,20,21)(H,22,24)(H,23,25). The van der Waals surface area contributed by atoms with Crippen molar-refractivity contribution < 1.29 is 19.1 Å². The molecule has 0 saturated carbocycles. The van der Waals surface area contributed by atoms with Crippen LogP contribution in [-0.4, -0.2) is 35.7 Å². The molecule has 0 saturated heterocycles. The normalized spacial score (nSPS) is 10.6. The Kier molecular flexibility index (Phi) is 7.23. The number of nitrogens with zero attached hydrogens (tertiary/aromatic N) is 1. The van der Waals surface area contributed by atoms with Crippen molar-refractivity contribution in [3.8, 4) is 11.5 Å². The lowest BCUT2D eigenvalue weighted by Gasteiger charge is -2.12. The van der Waals surface area contributed by atoms with Gasteiger partial charge in [-0.1, -0.05) is 20.8 Å². The van der Waals surface area contributed by atoms with Crippen molar-refractivity contribution in [1.29, 1.82) is 0 Å². The molecule has 0 aliphatic rings. The topological polar surface area (TPSA) is 105 Å². The van der Waals surface area contributed by atoms with Gasteiger partial charge in [-0.05, 0) is 46.5 Å². The Balaban J connectivity index is 2.04. The summed E-state index contributed by atoms with van der Waals surface area (Å²) in [7, 11) is 1.50. The number of aromatic amines is 1. The molecule has 0 bridgehead atoms. The smallest absolute Gasteiger partial charge is 0.291 e. The Morgan fingerprint density at radius 3 is 2.52 bits per heavy atom. The molecule has 9 heteroatoms. The predicted molar refractivity (Wildman–Crippen MR) is 104 cm³/mol. The van der Waals surface area contributed by atoms with E-state index in [0.717, 1.165) is 12.1 Å². The van der Waals surface area contributed by atoms with Crippen LogP contribution in [0.25, 0.3) is 0 Å². The number of hydrogen-bond acceptors (Lipinski definition) is 5. The number of hydrogen-bond donors (Lipinski definition) is 3. The first-order valence-electron chi connectivity index (χ1n) is 8.54. The number of methoxy groups -OCH3 is 1. The molecule has 2 aromatic rings. The maximum Gasteiger partial charge on any atom is 0.291 e. The summed E-state index contributed by atoms with van der Waals surface area (Å²) >= 11 is 3.35. The second kappa shape index (κ2) is 9.40. The molecular weight excluding hydrogens is 416 g/mol. The highest BCUT2D eigenvalue weighted by molar-refractivity contribution is 9.10. The molecule has 1 aromatic heterocycles. The lowest BCUT2D eigenvalue weighted by atomic mass is 10.1. The van der Waals surface area contributed by atoms with Gasteiger partial charge in [-0.15, -0.1) is 0 Å². The average molecular weight is 439 g/mol. The van der Waals surface area contributed by atoms with Crippen LogP contribution >= 0.6 is 15.9 Å². The minimum Gasteiger partial charge on any atom is -0.493 e. The molecule has 27 heavy (non-hydrogen) atoms. The first-order valence-corrected chi connectivity index (χ1v) is 9.33. The molecule has 0 aliphatic carbocycles. The number of rotatable bonds is 7. The van der Waals surface area contributed by atoms with Gasteiger partial charge in [-0.3, -0.25) is 25.5 Å². The zero-order chi connectivity index (χ0) is 20.0. The first-order chi connectivity index (χ1) is 12.9. The van der Waals surface area contributed by atoms with E-state index in [1.165, 1.54) is 7.11 Å². The van der Waals surface area contributed by atoms with Crippen molar-refractivity contribution in [2.45, 2.75) is 33.1 Å². The third-order valence-corrected chi connectivity index (χ3v) is 4.50. The van der Waals surface area contributed by atoms with Crippen LogP contribution in [0.1, 0.15) is 59.7 Å². The van der Waals surface area contributed by atoms with Crippen LogP contribution in [0.2, 0.25) is 0 Å². The van der Waals surface area contributed by atoms with Crippen molar-refractivity contribution in [2.24, 2.45) is 0 Å². The summed E-state index contributed by atoms with van der Waals surface area (Å²) in [6.45, 7) is 6.50. The fourth-order valence-corrected chi connectivity index (χ4v) is 3.08. The number of halogens is 1. The highest BCUT2D eigenvalue weighted by atomic mass is 79.9. The maximum atomic E-state index is 12.3. The summed E-state index contributed by atoms with van der Waals surface area (Å²) in [5.74, 6) is 0.150. The number of carbonyl (C=O) groups is 2. The van der Waals surface area contributed by atoms with Crippen LogP contribution in [-0.2, 0) is 0 Å². The SMILES string of the molecule is CCCOc1ccc(C(=O)NNC(=O)c2n[nH]c(C(C)C)c2Br)cc1OC. The minimum atomic E-state index is -0.534. The zero-order valence-electron chi connectivity index (χ0n) is 15.7. The van der Waals surface area contributed by atoms with E-state index >= 15 is 0 Å². The van der Waals surface area contributed by atoms with Crippen molar-refractivity contribution >= 4 is 27.7 Å². The Morgan fingerprint density at radius 1 is 1.22 bits per heavy atom. The van der Waals surface area contributed by atoms with Crippen LogP contribution in [0.4, 0.5) is 0 Å². The lowest BCUT2D eigenvalue weighted by Crippen LogP contribution is -2.41. The van der Waals surface area contributed by atoms with Crippen molar-refractivity contribution in [3.63, 3.8) is 0 Å². The van der Waals surface area contributed by atoms with E-state index < -0.39 is 11.8 Å². The summed E-state index contributed by atoms with van der Waals surface area (Å²) in [6.07, 6.45) is 0.860. The molecule has 0 radical (unpaired) electrons. The number of aromatic nitrogens is 2. The molecule has 0 aliphatic heterocycles. The van der Waals surface area contributed by atoms with Gasteiger partial charge in [-0.2, -0.15) is 5.10 Å². The van der Waals surface area contributed by atoms with E-state index in [1.807, 2.05) is 20.8 Å². The third kappa shape index (κ3) is 5.00. The molecule has 1 aromatic carbocycles. The molecule has 0 atom stereocenters. The maximum absolute atomic E-state index is 12.3. The lowest BCUT2D eigenvalue weighted by molar-refractivity contribution is 0.0843. The zero-order valence-corrected chi connectivity index (χ0v) is 17.3. The predicted octanol–water partition coefficient (Wildman–Crippen LogP) is 3.17. The van der Waals surface area contributed by atoms with E-state index in [0.29, 0.717) is 28.1 Å². The summed E-state index contributed by atoms with van der Waals surface area (Å²) in [6, 6.07) is 4.80. The van der Waals surface area contributed by atoms with Gasteiger partial charge in [0.25, 0.3) is 11.8 Å². The molecule has 0 unspecified atom stereocenters. The molecule has 0 spiro atoms. The van der Waals surface area contributed by atoms with Crippen molar-refractivity contribution in [1.82, 2.24) is 21.0 Å². The number of hydrazine groups is 1. The highest BCUT2D eigenvalue weighted by Crippen LogP contribution is 2.28. The fraction of sp³-hybridized carbons (Fsp3) is 0.389. The summed E-state index contributed by atoms with van der Waals surface area (Å²) < 4.78 is 11.4. The van der Waals surface area contributed by atoms with Gasteiger partial charge < -0.3 is 9.47 Å². The first kappa shape index (κ1) is 20.8. The largest absolute Gasteiger partial charge is 0.493 e. The number of nitrogens with one attached hydrogen (secondary N) is 3. The molecule has 2 rings (SSSR count). The summed E-state index contributed by atoms with van der Waals surface area (Å²) in [4.78, 5) is 24.6. The van der Waals surface area contributed by atoms with E-state index in [9.17, 15) is 9.59 Å².